The second kappa shape index (κ2) is 6.63. The maximum absolute atomic E-state index is 13.0. The number of benzene rings is 2. The molecule has 2 aromatic carbocycles. The lowest BCUT2D eigenvalue weighted by molar-refractivity contribution is 0.170. The number of likely N-dealkylation sites (tertiary alicyclic amines) is 1. The standard InChI is InChI=1S/C19H19FN2O3/c20-14-4-6-15(7-5-14)21-19(23)22-9-1-2-16(22)13-3-8-17-18(12-13)25-11-10-24-17/h3-8,12,16H,1-2,9-11H2,(H,21,23). The molecule has 1 fully saturated rings. The van der Waals surface area contributed by atoms with E-state index in [0.29, 0.717) is 25.4 Å². The Morgan fingerprint density at radius 1 is 1.08 bits per heavy atom. The van der Waals surface area contributed by atoms with Crippen molar-refractivity contribution in [2.24, 2.45) is 0 Å². The molecule has 0 aliphatic carbocycles. The molecule has 2 aliphatic heterocycles. The molecular weight excluding hydrogens is 323 g/mol. The Bertz CT molecular complexity index is 779. The van der Waals surface area contributed by atoms with Crippen molar-refractivity contribution in [2.75, 3.05) is 25.1 Å². The first kappa shape index (κ1) is 15.7. The molecule has 2 aromatic rings. The number of nitrogens with one attached hydrogen (secondary N) is 1. The van der Waals surface area contributed by atoms with E-state index in [1.54, 1.807) is 12.1 Å². The highest BCUT2D eigenvalue weighted by atomic mass is 19.1. The summed E-state index contributed by atoms with van der Waals surface area (Å²) in [5.74, 6) is 1.15. The Labute approximate surface area is 145 Å². The van der Waals surface area contributed by atoms with E-state index >= 15 is 0 Å². The van der Waals surface area contributed by atoms with Gasteiger partial charge in [-0.05, 0) is 54.8 Å². The number of fused-ring (bicyclic) bond motifs is 1. The second-order valence-corrected chi connectivity index (χ2v) is 6.19. The molecule has 4 rings (SSSR count). The minimum absolute atomic E-state index is 0.00345. The molecule has 0 saturated carbocycles. The van der Waals surface area contributed by atoms with Gasteiger partial charge in [-0.3, -0.25) is 0 Å². The first-order valence-corrected chi connectivity index (χ1v) is 8.43. The lowest BCUT2D eigenvalue weighted by Crippen LogP contribution is -2.34. The van der Waals surface area contributed by atoms with Crippen LogP contribution in [0.3, 0.4) is 0 Å². The Morgan fingerprint density at radius 3 is 2.64 bits per heavy atom. The van der Waals surface area contributed by atoms with Gasteiger partial charge in [0.1, 0.15) is 19.0 Å². The van der Waals surface area contributed by atoms with E-state index in [0.717, 1.165) is 29.9 Å². The molecule has 25 heavy (non-hydrogen) atoms. The Morgan fingerprint density at radius 2 is 1.84 bits per heavy atom. The molecule has 1 saturated heterocycles. The molecule has 0 bridgehead atoms. The molecule has 0 spiro atoms. The van der Waals surface area contributed by atoms with Gasteiger partial charge >= 0.3 is 6.03 Å². The Hall–Kier alpha value is -2.76. The maximum Gasteiger partial charge on any atom is 0.322 e. The van der Waals surface area contributed by atoms with Crippen molar-refractivity contribution in [3.63, 3.8) is 0 Å². The van der Waals surface area contributed by atoms with Crippen LogP contribution in [0.2, 0.25) is 0 Å². The van der Waals surface area contributed by atoms with Gasteiger partial charge < -0.3 is 19.7 Å². The first-order chi connectivity index (χ1) is 12.2. The summed E-state index contributed by atoms with van der Waals surface area (Å²) in [6, 6.07) is 11.4. The molecule has 1 unspecified atom stereocenters. The Balaban J connectivity index is 1.51. The molecule has 2 aliphatic rings. The minimum atomic E-state index is -0.326. The molecule has 1 atom stereocenters. The van der Waals surface area contributed by atoms with E-state index in [4.69, 9.17) is 9.47 Å². The number of carbonyl (C=O) groups excluding carboxylic acids is 1. The summed E-state index contributed by atoms with van der Waals surface area (Å²) in [4.78, 5) is 14.5. The quantitative estimate of drug-likeness (QED) is 0.898. The zero-order chi connectivity index (χ0) is 17.2. The molecule has 2 amide bonds. The number of anilines is 1. The smallest absolute Gasteiger partial charge is 0.322 e. The summed E-state index contributed by atoms with van der Waals surface area (Å²) in [7, 11) is 0. The number of hydrogen-bond donors (Lipinski definition) is 1. The van der Waals surface area contributed by atoms with Gasteiger partial charge in [0.2, 0.25) is 0 Å². The van der Waals surface area contributed by atoms with Gasteiger partial charge in [0.25, 0.3) is 0 Å². The second-order valence-electron chi connectivity index (χ2n) is 6.19. The minimum Gasteiger partial charge on any atom is -0.486 e. The van der Waals surface area contributed by atoms with Crippen LogP contribution < -0.4 is 14.8 Å². The topological polar surface area (TPSA) is 50.8 Å². The molecule has 0 radical (unpaired) electrons. The predicted molar refractivity (Wildman–Crippen MR) is 91.5 cm³/mol. The van der Waals surface area contributed by atoms with E-state index in [1.807, 2.05) is 23.1 Å². The predicted octanol–water partition coefficient (Wildman–Crippen LogP) is 3.97. The van der Waals surface area contributed by atoms with Crippen LogP contribution in [0.15, 0.2) is 42.5 Å². The summed E-state index contributed by atoms with van der Waals surface area (Å²) >= 11 is 0. The van der Waals surface area contributed by atoms with Crippen LogP contribution in [0.5, 0.6) is 11.5 Å². The van der Waals surface area contributed by atoms with Crippen LogP contribution in [-0.4, -0.2) is 30.7 Å². The normalized spacial score (nSPS) is 18.9. The summed E-state index contributed by atoms with van der Waals surface area (Å²) in [5, 5.41) is 2.84. The van der Waals surface area contributed by atoms with Gasteiger partial charge in [0.05, 0.1) is 6.04 Å². The third-order valence-corrected chi connectivity index (χ3v) is 4.56. The van der Waals surface area contributed by atoms with Crippen molar-refractivity contribution in [3.05, 3.63) is 53.8 Å². The molecule has 1 N–H and O–H groups in total. The lowest BCUT2D eigenvalue weighted by atomic mass is 10.0. The highest BCUT2D eigenvalue weighted by Gasteiger charge is 2.31. The highest BCUT2D eigenvalue weighted by molar-refractivity contribution is 5.89. The summed E-state index contributed by atoms with van der Waals surface area (Å²) in [6.45, 7) is 1.78. The van der Waals surface area contributed by atoms with Crippen LogP contribution in [0, 0.1) is 5.82 Å². The van der Waals surface area contributed by atoms with Crippen molar-refractivity contribution in [1.82, 2.24) is 4.90 Å². The zero-order valence-corrected chi connectivity index (χ0v) is 13.7. The average molecular weight is 342 g/mol. The number of hydrogen-bond acceptors (Lipinski definition) is 3. The van der Waals surface area contributed by atoms with Crippen molar-refractivity contribution < 1.29 is 18.7 Å². The lowest BCUT2D eigenvalue weighted by Gasteiger charge is -2.27. The van der Waals surface area contributed by atoms with E-state index in [9.17, 15) is 9.18 Å². The number of carbonyl (C=O) groups is 1. The van der Waals surface area contributed by atoms with Crippen LogP contribution >= 0.6 is 0 Å². The maximum atomic E-state index is 13.0. The zero-order valence-electron chi connectivity index (χ0n) is 13.7. The van der Waals surface area contributed by atoms with Gasteiger partial charge in [-0.25, -0.2) is 9.18 Å². The summed E-state index contributed by atoms with van der Waals surface area (Å²) in [6.07, 6.45) is 1.84. The van der Waals surface area contributed by atoms with Crippen LogP contribution in [0.1, 0.15) is 24.4 Å². The highest BCUT2D eigenvalue weighted by Crippen LogP contribution is 2.38. The van der Waals surface area contributed by atoms with Crippen LogP contribution in [0.25, 0.3) is 0 Å². The number of halogens is 1. The van der Waals surface area contributed by atoms with E-state index in [1.165, 1.54) is 12.1 Å². The number of rotatable bonds is 2. The van der Waals surface area contributed by atoms with E-state index < -0.39 is 0 Å². The van der Waals surface area contributed by atoms with Gasteiger partial charge in [-0.1, -0.05) is 6.07 Å². The third-order valence-electron chi connectivity index (χ3n) is 4.56. The molecular formula is C19H19FN2O3. The molecule has 130 valence electrons. The largest absolute Gasteiger partial charge is 0.486 e. The van der Waals surface area contributed by atoms with Crippen molar-refractivity contribution in [3.8, 4) is 11.5 Å². The fraction of sp³-hybridized carbons (Fsp3) is 0.316. The van der Waals surface area contributed by atoms with Gasteiger partial charge in [-0.2, -0.15) is 0 Å². The number of urea groups is 1. The van der Waals surface area contributed by atoms with E-state index in [2.05, 4.69) is 5.32 Å². The number of amides is 2. The third kappa shape index (κ3) is 3.24. The van der Waals surface area contributed by atoms with Crippen LogP contribution in [0.4, 0.5) is 14.9 Å². The van der Waals surface area contributed by atoms with Crippen molar-refractivity contribution >= 4 is 11.7 Å². The van der Waals surface area contributed by atoms with Crippen molar-refractivity contribution in [1.29, 1.82) is 0 Å². The first-order valence-electron chi connectivity index (χ1n) is 8.43. The molecule has 2 heterocycles. The number of ether oxygens (including phenoxy) is 2. The summed E-state index contributed by atoms with van der Waals surface area (Å²) < 4.78 is 24.2. The average Bonchev–Trinajstić information content (AvgIpc) is 3.13. The fourth-order valence-electron chi connectivity index (χ4n) is 3.35. The SMILES string of the molecule is O=C(Nc1ccc(F)cc1)N1CCCC1c1ccc2c(c1)OCCO2. The molecule has 0 aromatic heterocycles. The number of nitrogens with zero attached hydrogens (tertiary/aromatic N) is 1. The van der Waals surface area contributed by atoms with Gasteiger partial charge in [0.15, 0.2) is 11.5 Å². The molecule has 5 nitrogen and oxygen atoms in total. The van der Waals surface area contributed by atoms with Gasteiger partial charge in [-0.15, -0.1) is 0 Å². The van der Waals surface area contributed by atoms with Crippen molar-refractivity contribution in [2.45, 2.75) is 18.9 Å². The fourth-order valence-corrected chi connectivity index (χ4v) is 3.35. The van der Waals surface area contributed by atoms with Crippen LogP contribution in [-0.2, 0) is 0 Å². The van der Waals surface area contributed by atoms with E-state index in [-0.39, 0.29) is 17.9 Å². The molecule has 6 heteroatoms. The summed E-state index contributed by atoms with van der Waals surface area (Å²) in [5.41, 5.74) is 1.62. The Kier molecular flexibility index (Phi) is 4.17. The monoisotopic (exact) mass is 342 g/mol. The van der Waals surface area contributed by atoms with Gasteiger partial charge in [0, 0.05) is 12.2 Å².